The number of nitriles is 1. The number of nitrogens with zero attached hydrogens (tertiary/aromatic N) is 3. The summed E-state index contributed by atoms with van der Waals surface area (Å²) in [6.45, 7) is 1.98. The molecule has 0 aliphatic carbocycles. The van der Waals surface area contributed by atoms with Gasteiger partial charge in [0, 0.05) is 26.2 Å². The molecule has 2 rings (SSSR count). The van der Waals surface area contributed by atoms with Crippen molar-refractivity contribution in [1.82, 2.24) is 4.90 Å². The summed E-state index contributed by atoms with van der Waals surface area (Å²) in [6.07, 6.45) is 0. The van der Waals surface area contributed by atoms with Crippen molar-refractivity contribution < 1.29 is 18.3 Å². The Morgan fingerprint density at radius 2 is 1.86 bits per heavy atom. The maximum atomic E-state index is 13.9. The van der Waals surface area contributed by atoms with E-state index >= 15 is 0 Å². The fourth-order valence-electron chi connectivity index (χ4n) is 2.31. The van der Waals surface area contributed by atoms with Crippen LogP contribution in [-0.4, -0.2) is 50.7 Å². The zero-order valence-corrected chi connectivity index (χ0v) is 11.6. The van der Waals surface area contributed by atoms with Crippen molar-refractivity contribution in [3.05, 3.63) is 29.3 Å². The first-order valence-electron chi connectivity index (χ1n) is 6.48. The molecule has 1 aliphatic heterocycles. The Morgan fingerprint density at radius 3 is 2.33 bits per heavy atom. The van der Waals surface area contributed by atoms with Gasteiger partial charge in [-0.05, 0) is 12.1 Å². The predicted molar refractivity (Wildman–Crippen MR) is 71.7 cm³/mol. The van der Waals surface area contributed by atoms with Crippen LogP contribution in [-0.2, 0) is 9.53 Å². The molecule has 1 aliphatic rings. The number of hydrogen-bond acceptors (Lipinski definition) is 5. The molecular weight excluding hydrogens is 280 g/mol. The highest BCUT2D eigenvalue weighted by Gasteiger charge is 2.24. The van der Waals surface area contributed by atoms with E-state index < -0.39 is 11.6 Å². The van der Waals surface area contributed by atoms with Crippen LogP contribution in [0.4, 0.5) is 14.5 Å². The number of carbonyl (C=O) groups excluding carboxylic acids is 1. The molecule has 112 valence electrons. The molecule has 1 aromatic rings. The average molecular weight is 295 g/mol. The van der Waals surface area contributed by atoms with Gasteiger partial charge in [0.2, 0.25) is 0 Å². The van der Waals surface area contributed by atoms with E-state index in [1.54, 1.807) is 11.0 Å². The summed E-state index contributed by atoms with van der Waals surface area (Å²) in [6, 6.07) is 3.77. The Labute approximate surface area is 121 Å². The molecule has 0 saturated carbocycles. The molecule has 0 unspecified atom stereocenters. The highest BCUT2D eigenvalue weighted by Crippen LogP contribution is 2.25. The molecule has 0 N–H and O–H groups in total. The molecule has 0 atom stereocenters. The number of methoxy groups -OCH3 is 1. The molecule has 1 fully saturated rings. The van der Waals surface area contributed by atoms with Gasteiger partial charge in [-0.2, -0.15) is 5.26 Å². The third kappa shape index (κ3) is 3.47. The second-order valence-corrected chi connectivity index (χ2v) is 4.74. The average Bonchev–Trinajstić information content (AvgIpc) is 2.48. The Balaban J connectivity index is 2.06. The lowest BCUT2D eigenvalue weighted by molar-refractivity contribution is -0.142. The summed E-state index contributed by atoms with van der Waals surface area (Å²) in [7, 11) is 1.32. The van der Waals surface area contributed by atoms with Gasteiger partial charge >= 0.3 is 5.97 Å². The Morgan fingerprint density at radius 1 is 1.29 bits per heavy atom. The molecule has 5 nitrogen and oxygen atoms in total. The van der Waals surface area contributed by atoms with Crippen LogP contribution >= 0.6 is 0 Å². The minimum atomic E-state index is -0.743. The molecule has 0 bridgehead atoms. The van der Waals surface area contributed by atoms with E-state index in [4.69, 9.17) is 5.26 Å². The maximum absolute atomic E-state index is 13.9. The lowest BCUT2D eigenvalue weighted by Crippen LogP contribution is -2.48. The van der Waals surface area contributed by atoms with Crippen molar-refractivity contribution >= 4 is 11.7 Å². The summed E-state index contributed by atoms with van der Waals surface area (Å²) in [5.74, 6) is -1.82. The van der Waals surface area contributed by atoms with Gasteiger partial charge in [-0.3, -0.25) is 9.69 Å². The van der Waals surface area contributed by atoms with E-state index in [9.17, 15) is 13.6 Å². The standard InChI is InChI=1S/C14H15F2N3O2/c1-21-13(20)9-18-2-4-19(5-3-18)14-11(15)6-10(8-17)7-12(14)16/h6-7H,2-5,9H2,1H3. The summed E-state index contributed by atoms with van der Waals surface area (Å²) in [4.78, 5) is 14.6. The lowest BCUT2D eigenvalue weighted by atomic mass is 10.1. The van der Waals surface area contributed by atoms with Gasteiger partial charge < -0.3 is 9.64 Å². The van der Waals surface area contributed by atoms with Gasteiger partial charge in [-0.25, -0.2) is 8.78 Å². The number of benzene rings is 1. The molecule has 0 aromatic heterocycles. The minimum absolute atomic E-state index is 0.0434. The zero-order valence-electron chi connectivity index (χ0n) is 11.6. The SMILES string of the molecule is COC(=O)CN1CCN(c2c(F)cc(C#N)cc2F)CC1. The van der Waals surface area contributed by atoms with Crippen molar-refractivity contribution in [2.75, 3.05) is 44.7 Å². The Kier molecular flexibility index (Phi) is 4.70. The third-order valence-electron chi connectivity index (χ3n) is 3.41. The molecule has 0 amide bonds. The van der Waals surface area contributed by atoms with Crippen LogP contribution in [0.1, 0.15) is 5.56 Å². The van der Waals surface area contributed by atoms with Crippen molar-refractivity contribution in [1.29, 1.82) is 5.26 Å². The summed E-state index contributed by atoms with van der Waals surface area (Å²) in [5.41, 5.74) is -0.162. The first-order chi connectivity index (χ1) is 10.0. The monoisotopic (exact) mass is 295 g/mol. The van der Waals surface area contributed by atoms with E-state index in [2.05, 4.69) is 4.74 Å². The number of hydrogen-bond donors (Lipinski definition) is 0. The van der Waals surface area contributed by atoms with Gasteiger partial charge in [0.1, 0.15) is 5.69 Å². The normalized spacial score (nSPS) is 15.6. The van der Waals surface area contributed by atoms with Gasteiger partial charge in [0.05, 0.1) is 25.3 Å². The van der Waals surface area contributed by atoms with E-state index in [0.29, 0.717) is 26.2 Å². The Bertz CT molecular complexity index is 555. The smallest absolute Gasteiger partial charge is 0.319 e. The van der Waals surface area contributed by atoms with Crippen molar-refractivity contribution in [3.8, 4) is 6.07 Å². The highest BCUT2D eigenvalue weighted by atomic mass is 19.1. The first-order valence-corrected chi connectivity index (χ1v) is 6.48. The fraction of sp³-hybridized carbons (Fsp3) is 0.429. The maximum Gasteiger partial charge on any atom is 0.319 e. The lowest BCUT2D eigenvalue weighted by Gasteiger charge is -2.35. The number of carbonyl (C=O) groups is 1. The molecule has 21 heavy (non-hydrogen) atoms. The number of anilines is 1. The minimum Gasteiger partial charge on any atom is -0.468 e. The predicted octanol–water partition coefficient (Wildman–Crippen LogP) is 1.13. The molecule has 1 heterocycles. The topological polar surface area (TPSA) is 56.6 Å². The molecule has 1 saturated heterocycles. The van der Waals surface area contributed by atoms with Crippen LogP contribution in [0.2, 0.25) is 0 Å². The van der Waals surface area contributed by atoms with Gasteiger partial charge in [-0.1, -0.05) is 0 Å². The second-order valence-electron chi connectivity index (χ2n) is 4.74. The van der Waals surface area contributed by atoms with Crippen LogP contribution in [0, 0.1) is 23.0 Å². The number of halogens is 2. The van der Waals surface area contributed by atoms with Gasteiger partial charge in [0.25, 0.3) is 0 Å². The van der Waals surface area contributed by atoms with E-state index in [-0.39, 0.29) is 23.8 Å². The molecule has 0 spiro atoms. The van der Waals surface area contributed by atoms with E-state index in [1.165, 1.54) is 7.11 Å². The van der Waals surface area contributed by atoms with Crippen LogP contribution in [0.25, 0.3) is 0 Å². The fourth-order valence-corrected chi connectivity index (χ4v) is 2.31. The second kappa shape index (κ2) is 6.50. The largest absolute Gasteiger partial charge is 0.468 e. The highest BCUT2D eigenvalue weighted by molar-refractivity contribution is 5.71. The van der Waals surface area contributed by atoms with Crippen molar-refractivity contribution in [2.24, 2.45) is 0 Å². The number of rotatable bonds is 3. The molecule has 1 aromatic carbocycles. The molecule has 0 radical (unpaired) electrons. The van der Waals surface area contributed by atoms with Crippen LogP contribution in [0.5, 0.6) is 0 Å². The number of esters is 1. The summed E-state index contributed by atoms with van der Waals surface area (Å²) < 4.78 is 32.4. The Hall–Kier alpha value is -2.20. The summed E-state index contributed by atoms with van der Waals surface area (Å²) in [5, 5.41) is 8.68. The third-order valence-corrected chi connectivity index (χ3v) is 3.41. The summed E-state index contributed by atoms with van der Waals surface area (Å²) >= 11 is 0. The number of ether oxygens (including phenoxy) is 1. The van der Waals surface area contributed by atoms with E-state index in [1.807, 2.05) is 4.90 Å². The van der Waals surface area contributed by atoms with Gasteiger partial charge in [0.15, 0.2) is 11.6 Å². The van der Waals surface area contributed by atoms with Crippen LogP contribution in [0.15, 0.2) is 12.1 Å². The van der Waals surface area contributed by atoms with Crippen LogP contribution < -0.4 is 4.90 Å². The number of piperazine rings is 1. The molecular formula is C14H15F2N3O2. The van der Waals surface area contributed by atoms with Crippen molar-refractivity contribution in [3.63, 3.8) is 0 Å². The van der Waals surface area contributed by atoms with E-state index in [0.717, 1.165) is 12.1 Å². The zero-order chi connectivity index (χ0) is 15.4. The van der Waals surface area contributed by atoms with Gasteiger partial charge in [-0.15, -0.1) is 0 Å². The molecule has 7 heteroatoms. The van der Waals surface area contributed by atoms with Crippen LogP contribution in [0.3, 0.4) is 0 Å². The van der Waals surface area contributed by atoms with Crippen molar-refractivity contribution in [2.45, 2.75) is 0 Å². The quantitative estimate of drug-likeness (QED) is 0.783. The first kappa shape index (κ1) is 15.2.